The molecule has 0 saturated heterocycles. The lowest BCUT2D eigenvalue weighted by molar-refractivity contribution is 0.0943. The molecule has 0 unspecified atom stereocenters. The van der Waals surface area contributed by atoms with Gasteiger partial charge in [-0.15, -0.1) is 0 Å². The van der Waals surface area contributed by atoms with Crippen molar-refractivity contribution < 1.29 is 14.3 Å². The molecule has 0 aliphatic heterocycles. The zero-order valence-corrected chi connectivity index (χ0v) is 14.1. The van der Waals surface area contributed by atoms with Crippen molar-refractivity contribution >= 4 is 17.5 Å². The SMILES string of the molecule is COCCCNC(=O)c1cc(C)nc(Nc2ccc(OC)cc2)n1. The second-order valence-electron chi connectivity index (χ2n) is 5.17. The molecule has 24 heavy (non-hydrogen) atoms. The largest absolute Gasteiger partial charge is 0.497 e. The Labute approximate surface area is 141 Å². The molecule has 1 heterocycles. The summed E-state index contributed by atoms with van der Waals surface area (Å²) in [5, 5.41) is 5.90. The van der Waals surface area contributed by atoms with E-state index in [0.717, 1.165) is 17.9 Å². The molecule has 1 aromatic carbocycles. The first kappa shape index (κ1) is 17.7. The number of carbonyl (C=O) groups is 1. The molecule has 1 amide bonds. The van der Waals surface area contributed by atoms with Crippen molar-refractivity contribution in [3.8, 4) is 5.75 Å². The number of hydrogen-bond acceptors (Lipinski definition) is 6. The predicted octanol–water partition coefficient (Wildman–Crippen LogP) is 2.30. The van der Waals surface area contributed by atoms with Crippen molar-refractivity contribution in [3.05, 3.63) is 41.7 Å². The third kappa shape index (κ3) is 5.20. The van der Waals surface area contributed by atoms with Crippen LogP contribution >= 0.6 is 0 Å². The number of nitrogens with zero attached hydrogens (tertiary/aromatic N) is 2. The van der Waals surface area contributed by atoms with E-state index in [4.69, 9.17) is 9.47 Å². The number of methoxy groups -OCH3 is 2. The van der Waals surface area contributed by atoms with Gasteiger partial charge in [0.15, 0.2) is 0 Å². The third-order valence-corrected chi connectivity index (χ3v) is 3.24. The summed E-state index contributed by atoms with van der Waals surface area (Å²) in [6.07, 6.45) is 0.753. The number of ether oxygens (including phenoxy) is 2. The number of aromatic nitrogens is 2. The average molecular weight is 330 g/mol. The molecule has 0 atom stereocenters. The maximum atomic E-state index is 12.2. The second-order valence-corrected chi connectivity index (χ2v) is 5.17. The van der Waals surface area contributed by atoms with Crippen LogP contribution in [0.3, 0.4) is 0 Å². The number of benzene rings is 1. The Bertz CT molecular complexity index is 674. The Balaban J connectivity index is 2.05. The molecular weight excluding hydrogens is 308 g/mol. The molecule has 2 aromatic rings. The minimum absolute atomic E-state index is 0.227. The molecule has 0 aliphatic carbocycles. The molecule has 0 radical (unpaired) electrons. The monoisotopic (exact) mass is 330 g/mol. The van der Waals surface area contributed by atoms with Crippen molar-refractivity contribution in [1.82, 2.24) is 15.3 Å². The zero-order valence-electron chi connectivity index (χ0n) is 14.1. The number of hydrogen-bond donors (Lipinski definition) is 2. The number of anilines is 2. The molecule has 2 N–H and O–H groups in total. The number of amides is 1. The van der Waals surface area contributed by atoms with Gasteiger partial charge in [-0.1, -0.05) is 0 Å². The Kier molecular flexibility index (Phi) is 6.51. The van der Waals surface area contributed by atoms with Crippen LogP contribution in [0.25, 0.3) is 0 Å². The smallest absolute Gasteiger partial charge is 0.270 e. The molecule has 128 valence electrons. The lowest BCUT2D eigenvalue weighted by Crippen LogP contribution is -2.26. The minimum atomic E-state index is -0.227. The molecule has 0 saturated carbocycles. The van der Waals surface area contributed by atoms with E-state index in [1.165, 1.54) is 0 Å². The minimum Gasteiger partial charge on any atom is -0.497 e. The lowest BCUT2D eigenvalue weighted by Gasteiger charge is -2.09. The first-order valence-electron chi connectivity index (χ1n) is 7.66. The maximum Gasteiger partial charge on any atom is 0.270 e. The highest BCUT2D eigenvalue weighted by Gasteiger charge is 2.10. The summed E-state index contributed by atoms with van der Waals surface area (Å²) in [5.74, 6) is 0.915. The van der Waals surface area contributed by atoms with Gasteiger partial charge in [0.2, 0.25) is 5.95 Å². The topological polar surface area (TPSA) is 85.4 Å². The van der Waals surface area contributed by atoms with Gasteiger partial charge in [-0.25, -0.2) is 9.97 Å². The van der Waals surface area contributed by atoms with E-state index >= 15 is 0 Å². The van der Waals surface area contributed by atoms with E-state index in [9.17, 15) is 4.79 Å². The van der Waals surface area contributed by atoms with Crippen molar-refractivity contribution in [2.45, 2.75) is 13.3 Å². The normalized spacial score (nSPS) is 10.3. The van der Waals surface area contributed by atoms with Gasteiger partial charge in [0, 0.05) is 31.6 Å². The van der Waals surface area contributed by atoms with E-state index in [1.807, 2.05) is 31.2 Å². The van der Waals surface area contributed by atoms with E-state index in [1.54, 1.807) is 20.3 Å². The molecular formula is C17H22N4O3. The summed E-state index contributed by atoms with van der Waals surface area (Å²) in [6, 6.07) is 9.04. The van der Waals surface area contributed by atoms with Gasteiger partial charge in [-0.3, -0.25) is 4.79 Å². The Morgan fingerprint density at radius 3 is 2.58 bits per heavy atom. The van der Waals surface area contributed by atoms with E-state index in [0.29, 0.717) is 30.5 Å². The first-order chi connectivity index (χ1) is 11.6. The summed E-state index contributed by atoms with van der Waals surface area (Å²) >= 11 is 0. The Morgan fingerprint density at radius 2 is 1.92 bits per heavy atom. The summed E-state index contributed by atoms with van der Waals surface area (Å²) < 4.78 is 10.1. The fraction of sp³-hybridized carbons (Fsp3) is 0.353. The number of rotatable bonds is 8. The second kappa shape index (κ2) is 8.83. The van der Waals surface area contributed by atoms with Crippen LogP contribution in [0.1, 0.15) is 22.6 Å². The molecule has 1 aromatic heterocycles. The Hall–Kier alpha value is -2.67. The molecule has 7 nitrogen and oxygen atoms in total. The third-order valence-electron chi connectivity index (χ3n) is 3.24. The van der Waals surface area contributed by atoms with Crippen LogP contribution in [0.4, 0.5) is 11.6 Å². The fourth-order valence-corrected chi connectivity index (χ4v) is 2.05. The quantitative estimate of drug-likeness (QED) is 0.723. The van der Waals surface area contributed by atoms with Crippen LogP contribution in [0.2, 0.25) is 0 Å². The van der Waals surface area contributed by atoms with Gasteiger partial charge < -0.3 is 20.1 Å². The van der Waals surface area contributed by atoms with Gasteiger partial charge in [-0.2, -0.15) is 0 Å². The first-order valence-corrected chi connectivity index (χ1v) is 7.66. The average Bonchev–Trinajstić information content (AvgIpc) is 2.58. The molecule has 0 bridgehead atoms. The predicted molar refractivity (Wildman–Crippen MR) is 91.9 cm³/mol. The summed E-state index contributed by atoms with van der Waals surface area (Å²) in [5.41, 5.74) is 1.85. The van der Waals surface area contributed by atoms with Crippen LogP contribution < -0.4 is 15.4 Å². The molecule has 0 spiro atoms. The molecule has 7 heteroatoms. The number of aryl methyl sites for hydroxylation is 1. The van der Waals surface area contributed by atoms with Gasteiger partial charge in [-0.05, 0) is 43.7 Å². The highest BCUT2D eigenvalue weighted by Crippen LogP contribution is 2.18. The Morgan fingerprint density at radius 1 is 1.17 bits per heavy atom. The van der Waals surface area contributed by atoms with Gasteiger partial charge in [0.05, 0.1) is 7.11 Å². The van der Waals surface area contributed by atoms with Gasteiger partial charge in [0.1, 0.15) is 11.4 Å². The van der Waals surface area contributed by atoms with Gasteiger partial charge in [0.25, 0.3) is 5.91 Å². The van der Waals surface area contributed by atoms with Crippen molar-refractivity contribution in [1.29, 1.82) is 0 Å². The van der Waals surface area contributed by atoms with E-state index < -0.39 is 0 Å². The summed E-state index contributed by atoms with van der Waals surface area (Å²) in [7, 11) is 3.25. The number of nitrogens with one attached hydrogen (secondary N) is 2. The van der Waals surface area contributed by atoms with Crippen LogP contribution in [0.5, 0.6) is 5.75 Å². The summed E-state index contributed by atoms with van der Waals surface area (Å²) in [6.45, 7) is 2.97. The van der Waals surface area contributed by atoms with Crippen molar-refractivity contribution in [2.24, 2.45) is 0 Å². The molecule has 0 fully saturated rings. The maximum absolute atomic E-state index is 12.2. The van der Waals surface area contributed by atoms with Crippen molar-refractivity contribution in [2.75, 3.05) is 32.7 Å². The van der Waals surface area contributed by atoms with Crippen LogP contribution in [-0.2, 0) is 4.74 Å². The van der Waals surface area contributed by atoms with Crippen LogP contribution in [0.15, 0.2) is 30.3 Å². The zero-order chi connectivity index (χ0) is 17.4. The van der Waals surface area contributed by atoms with Crippen LogP contribution in [-0.4, -0.2) is 43.2 Å². The van der Waals surface area contributed by atoms with Crippen molar-refractivity contribution in [3.63, 3.8) is 0 Å². The highest BCUT2D eigenvalue weighted by molar-refractivity contribution is 5.92. The fourth-order valence-electron chi connectivity index (χ4n) is 2.05. The van der Waals surface area contributed by atoms with Gasteiger partial charge >= 0.3 is 0 Å². The summed E-state index contributed by atoms with van der Waals surface area (Å²) in [4.78, 5) is 20.7. The standard InChI is InChI=1S/C17H22N4O3/c1-12-11-15(16(22)18-9-4-10-23-2)21-17(19-12)20-13-5-7-14(24-3)8-6-13/h5-8,11H,4,9-10H2,1-3H3,(H,18,22)(H,19,20,21). The lowest BCUT2D eigenvalue weighted by atomic mass is 10.3. The molecule has 0 aliphatic rings. The van der Waals surface area contributed by atoms with E-state index in [2.05, 4.69) is 20.6 Å². The molecule has 2 rings (SSSR count). The highest BCUT2D eigenvalue weighted by atomic mass is 16.5. The number of carbonyl (C=O) groups excluding carboxylic acids is 1. The van der Waals surface area contributed by atoms with Crippen LogP contribution in [0, 0.1) is 6.92 Å². The van der Waals surface area contributed by atoms with E-state index in [-0.39, 0.29) is 5.91 Å².